The Kier molecular flexibility index (Phi) is 3.06. The zero-order chi connectivity index (χ0) is 11.9. The second kappa shape index (κ2) is 4.08. The van der Waals surface area contributed by atoms with E-state index >= 15 is 0 Å². The van der Waals surface area contributed by atoms with Crippen molar-refractivity contribution in [1.82, 2.24) is 5.32 Å². The van der Waals surface area contributed by atoms with Crippen LogP contribution in [0.15, 0.2) is 12.1 Å². The van der Waals surface area contributed by atoms with E-state index in [2.05, 4.69) is 52.1 Å². The minimum Gasteiger partial charge on any atom is -0.296 e. The monoisotopic (exact) mass is 235 g/mol. The summed E-state index contributed by atoms with van der Waals surface area (Å²) in [6.45, 7) is 11.2. The van der Waals surface area contributed by atoms with Gasteiger partial charge >= 0.3 is 0 Å². The summed E-state index contributed by atoms with van der Waals surface area (Å²) in [5, 5.41) is 4.18. The highest BCUT2D eigenvalue weighted by molar-refractivity contribution is 7.99. The van der Waals surface area contributed by atoms with Gasteiger partial charge in [-0.2, -0.15) is 0 Å². The molecule has 1 aromatic carbocycles. The van der Waals surface area contributed by atoms with Crippen LogP contribution in [-0.2, 0) is 0 Å². The first kappa shape index (κ1) is 12.0. The van der Waals surface area contributed by atoms with Gasteiger partial charge in [-0.25, -0.2) is 0 Å². The van der Waals surface area contributed by atoms with E-state index in [0.717, 1.165) is 0 Å². The van der Waals surface area contributed by atoms with Crippen LogP contribution in [0.2, 0.25) is 0 Å². The van der Waals surface area contributed by atoms with Crippen LogP contribution in [0.3, 0.4) is 0 Å². The van der Waals surface area contributed by atoms with Crippen molar-refractivity contribution in [3.8, 4) is 0 Å². The SMILES string of the molecule is Cc1cc(C)c(C2NC(C)(C)CS2)c(C)c1. The molecule has 0 radical (unpaired) electrons. The Labute approximate surface area is 103 Å². The fraction of sp³-hybridized carbons (Fsp3) is 0.571. The van der Waals surface area contributed by atoms with E-state index in [1.54, 1.807) is 0 Å². The molecule has 2 rings (SSSR count). The van der Waals surface area contributed by atoms with Gasteiger partial charge in [-0.15, -0.1) is 11.8 Å². The van der Waals surface area contributed by atoms with E-state index in [1.165, 1.54) is 28.0 Å². The molecular weight excluding hydrogens is 214 g/mol. The predicted molar refractivity (Wildman–Crippen MR) is 73.1 cm³/mol. The Balaban J connectivity index is 2.35. The van der Waals surface area contributed by atoms with Crippen LogP contribution in [0.5, 0.6) is 0 Å². The maximum absolute atomic E-state index is 3.71. The molecule has 1 unspecified atom stereocenters. The number of aryl methyl sites for hydroxylation is 3. The Morgan fingerprint density at radius 3 is 2.19 bits per heavy atom. The standard InChI is InChI=1S/C14H21NS/c1-9-6-10(2)12(11(3)7-9)13-15-14(4,5)8-16-13/h6-7,13,15H,8H2,1-5H3. The Hall–Kier alpha value is -0.470. The summed E-state index contributed by atoms with van der Waals surface area (Å²) in [5.74, 6) is 1.18. The van der Waals surface area contributed by atoms with Crippen molar-refractivity contribution in [3.63, 3.8) is 0 Å². The van der Waals surface area contributed by atoms with Crippen molar-refractivity contribution in [3.05, 3.63) is 34.4 Å². The molecule has 0 bridgehead atoms. The molecule has 1 atom stereocenters. The topological polar surface area (TPSA) is 12.0 Å². The summed E-state index contributed by atoms with van der Waals surface area (Å²) in [7, 11) is 0. The molecule has 0 saturated carbocycles. The molecule has 1 N–H and O–H groups in total. The predicted octanol–water partition coefficient (Wildman–Crippen LogP) is 3.73. The van der Waals surface area contributed by atoms with Crippen molar-refractivity contribution in [1.29, 1.82) is 0 Å². The van der Waals surface area contributed by atoms with Gasteiger partial charge in [-0.3, -0.25) is 5.32 Å². The van der Waals surface area contributed by atoms with E-state index in [0.29, 0.717) is 5.37 Å². The molecule has 16 heavy (non-hydrogen) atoms. The van der Waals surface area contributed by atoms with E-state index in [4.69, 9.17) is 0 Å². The molecule has 1 aromatic rings. The largest absolute Gasteiger partial charge is 0.296 e. The van der Waals surface area contributed by atoms with Crippen LogP contribution in [0, 0.1) is 20.8 Å². The molecule has 1 heterocycles. The van der Waals surface area contributed by atoms with Gasteiger partial charge in [0.05, 0.1) is 5.37 Å². The molecule has 88 valence electrons. The van der Waals surface area contributed by atoms with Gasteiger partial charge in [0.2, 0.25) is 0 Å². The number of thioether (sulfide) groups is 1. The molecule has 0 aromatic heterocycles. The van der Waals surface area contributed by atoms with Crippen molar-refractivity contribution in [2.75, 3.05) is 5.75 Å². The van der Waals surface area contributed by atoms with Gasteiger partial charge in [0.1, 0.15) is 0 Å². The van der Waals surface area contributed by atoms with Crippen molar-refractivity contribution in [2.24, 2.45) is 0 Å². The lowest BCUT2D eigenvalue weighted by atomic mass is 9.98. The smallest absolute Gasteiger partial charge is 0.0799 e. The molecule has 0 amide bonds. The Bertz CT molecular complexity index is 386. The quantitative estimate of drug-likeness (QED) is 0.796. The van der Waals surface area contributed by atoms with Crippen molar-refractivity contribution >= 4 is 11.8 Å². The van der Waals surface area contributed by atoms with E-state index < -0.39 is 0 Å². The fourth-order valence-electron chi connectivity index (χ4n) is 2.49. The molecule has 1 nitrogen and oxygen atoms in total. The van der Waals surface area contributed by atoms with E-state index in [-0.39, 0.29) is 5.54 Å². The third kappa shape index (κ3) is 2.28. The molecule has 0 spiro atoms. The minimum atomic E-state index is 0.263. The van der Waals surface area contributed by atoms with Gasteiger partial charge in [0, 0.05) is 11.3 Å². The van der Waals surface area contributed by atoms with Crippen LogP contribution >= 0.6 is 11.8 Å². The lowest BCUT2D eigenvalue weighted by Gasteiger charge is -2.22. The molecule has 2 heteroatoms. The van der Waals surface area contributed by atoms with Crippen LogP contribution < -0.4 is 5.32 Å². The molecule has 1 aliphatic rings. The highest BCUT2D eigenvalue weighted by Gasteiger charge is 2.32. The zero-order valence-corrected chi connectivity index (χ0v) is 11.7. The highest BCUT2D eigenvalue weighted by Crippen LogP contribution is 2.39. The third-order valence-electron chi connectivity index (χ3n) is 3.13. The van der Waals surface area contributed by atoms with E-state index in [9.17, 15) is 0 Å². The van der Waals surface area contributed by atoms with Crippen LogP contribution in [0.1, 0.15) is 41.5 Å². The van der Waals surface area contributed by atoms with Gasteiger partial charge in [-0.05, 0) is 51.3 Å². The van der Waals surface area contributed by atoms with Crippen molar-refractivity contribution in [2.45, 2.75) is 45.5 Å². The third-order valence-corrected chi connectivity index (χ3v) is 4.71. The number of benzene rings is 1. The molecular formula is C14H21NS. The average Bonchev–Trinajstić information content (AvgIpc) is 2.44. The van der Waals surface area contributed by atoms with Crippen LogP contribution in [0.25, 0.3) is 0 Å². The summed E-state index contributed by atoms with van der Waals surface area (Å²) < 4.78 is 0. The summed E-state index contributed by atoms with van der Waals surface area (Å²) in [4.78, 5) is 0. The van der Waals surface area contributed by atoms with Gasteiger partial charge in [0.25, 0.3) is 0 Å². The second-order valence-electron chi connectivity index (χ2n) is 5.53. The van der Waals surface area contributed by atoms with E-state index in [1.807, 2.05) is 11.8 Å². The number of nitrogens with one attached hydrogen (secondary N) is 1. The first-order chi connectivity index (χ1) is 7.39. The number of hydrogen-bond donors (Lipinski definition) is 1. The average molecular weight is 235 g/mol. The van der Waals surface area contributed by atoms with Gasteiger partial charge in [0.15, 0.2) is 0 Å². The molecule has 1 fully saturated rings. The first-order valence-corrected chi connectivity index (χ1v) is 6.91. The van der Waals surface area contributed by atoms with Crippen LogP contribution in [0.4, 0.5) is 0 Å². The van der Waals surface area contributed by atoms with Crippen molar-refractivity contribution < 1.29 is 0 Å². The fourth-order valence-corrected chi connectivity index (χ4v) is 4.10. The second-order valence-corrected chi connectivity index (χ2v) is 6.63. The maximum atomic E-state index is 3.71. The lowest BCUT2D eigenvalue weighted by Crippen LogP contribution is -2.36. The maximum Gasteiger partial charge on any atom is 0.0799 e. The number of hydrogen-bond acceptors (Lipinski definition) is 2. The van der Waals surface area contributed by atoms with Crippen LogP contribution in [-0.4, -0.2) is 11.3 Å². The minimum absolute atomic E-state index is 0.263. The molecule has 0 aliphatic carbocycles. The first-order valence-electron chi connectivity index (χ1n) is 5.86. The number of rotatable bonds is 1. The van der Waals surface area contributed by atoms with Gasteiger partial charge in [-0.1, -0.05) is 17.7 Å². The summed E-state index contributed by atoms with van der Waals surface area (Å²) in [5.41, 5.74) is 5.95. The zero-order valence-electron chi connectivity index (χ0n) is 10.8. The Morgan fingerprint density at radius 1 is 1.19 bits per heavy atom. The summed E-state index contributed by atoms with van der Waals surface area (Å²) in [6.07, 6.45) is 0. The van der Waals surface area contributed by atoms with Gasteiger partial charge < -0.3 is 0 Å². The summed E-state index contributed by atoms with van der Waals surface area (Å²) >= 11 is 2.03. The Morgan fingerprint density at radius 2 is 1.75 bits per heavy atom. The molecule has 1 aliphatic heterocycles. The lowest BCUT2D eigenvalue weighted by molar-refractivity contribution is 0.451. The molecule has 1 saturated heterocycles. The normalized spacial score (nSPS) is 23.7. The summed E-state index contributed by atoms with van der Waals surface area (Å²) in [6, 6.07) is 4.58. The highest BCUT2D eigenvalue weighted by atomic mass is 32.2.